The smallest absolute Gasteiger partial charge is 0.123 e. The number of ether oxygens (including phenoxy) is 1. The minimum absolute atomic E-state index is 0.674. The summed E-state index contributed by atoms with van der Waals surface area (Å²) in [7, 11) is 0. The number of hydrogen-bond donors (Lipinski definition) is 1. The zero-order valence-corrected chi connectivity index (χ0v) is 6.86. The highest BCUT2D eigenvalue weighted by Crippen LogP contribution is 2.20. The Kier molecular flexibility index (Phi) is 1.98. The molecule has 1 aliphatic rings. The third-order valence-corrected chi connectivity index (χ3v) is 1.98. The maximum atomic E-state index is 5.70. The van der Waals surface area contributed by atoms with Gasteiger partial charge in [-0.2, -0.15) is 0 Å². The van der Waals surface area contributed by atoms with Gasteiger partial charge in [-0.3, -0.25) is 5.84 Å². The van der Waals surface area contributed by atoms with E-state index in [0.29, 0.717) is 6.61 Å². The molecule has 12 heavy (non-hydrogen) atoms. The Balaban J connectivity index is 2.31. The van der Waals surface area contributed by atoms with Crippen molar-refractivity contribution in [3.05, 3.63) is 29.8 Å². The van der Waals surface area contributed by atoms with E-state index in [4.69, 9.17) is 10.6 Å². The molecule has 3 heteroatoms. The van der Waals surface area contributed by atoms with Gasteiger partial charge in [0.2, 0.25) is 0 Å². The molecular formula is C9H12N2O. The molecule has 1 aliphatic heterocycles. The van der Waals surface area contributed by atoms with Crippen LogP contribution in [0, 0.1) is 0 Å². The first-order valence-corrected chi connectivity index (χ1v) is 4.06. The summed E-state index contributed by atoms with van der Waals surface area (Å²) in [6.45, 7) is 2.23. The van der Waals surface area contributed by atoms with E-state index in [0.717, 1.165) is 24.4 Å². The van der Waals surface area contributed by atoms with E-state index >= 15 is 0 Å². The highest BCUT2D eigenvalue weighted by Gasteiger charge is 2.10. The van der Waals surface area contributed by atoms with E-state index in [1.807, 2.05) is 24.3 Å². The van der Waals surface area contributed by atoms with E-state index in [9.17, 15) is 0 Å². The Labute approximate surface area is 71.7 Å². The number of hydrogen-bond acceptors (Lipinski definition) is 3. The molecule has 1 aromatic carbocycles. The Morgan fingerprint density at radius 1 is 1.33 bits per heavy atom. The lowest BCUT2D eigenvalue weighted by Gasteiger charge is -2.10. The lowest BCUT2D eigenvalue weighted by molar-refractivity contribution is 0.230. The van der Waals surface area contributed by atoms with Crippen molar-refractivity contribution in [3.63, 3.8) is 0 Å². The van der Waals surface area contributed by atoms with Crippen LogP contribution in [0.15, 0.2) is 24.3 Å². The van der Waals surface area contributed by atoms with Crippen molar-refractivity contribution in [2.24, 2.45) is 5.84 Å². The van der Waals surface area contributed by atoms with Crippen LogP contribution in [0.2, 0.25) is 0 Å². The summed E-state index contributed by atoms with van der Waals surface area (Å²) in [6, 6.07) is 8.00. The second kappa shape index (κ2) is 3.13. The van der Waals surface area contributed by atoms with Gasteiger partial charge >= 0.3 is 0 Å². The highest BCUT2D eigenvalue weighted by molar-refractivity contribution is 5.33. The van der Waals surface area contributed by atoms with E-state index in [2.05, 4.69) is 0 Å². The maximum absolute atomic E-state index is 5.70. The molecule has 2 N–H and O–H groups in total. The van der Waals surface area contributed by atoms with Crippen LogP contribution in [0.3, 0.4) is 0 Å². The SMILES string of the molecule is NN1CCOc2ccccc2C1. The number of hydrazine groups is 1. The fourth-order valence-electron chi connectivity index (χ4n) is 1.35. The lowest BCUT2D eigenvalue weighted by Crippen LogP contribution is -2.32. The van der Waals surface area contributed by atoms with Crippen LogP contribution in [-0.4, -0.2) is 18.2 Å². The molecule has 0 fully saturated rings. The van der Waals surface area contributed by atoms with Crippen molar-refractivity contribution in [1.29, 1.82) is 0 Å². The number of fused-ring (bicyclic) bond motifs is 1. The largest absolute Gasteiger partial charge is 0.492 e. The van der Waals surface area contributed by atoms with Gasteiger partial charge < -0.3 is 4.74 Å². The van der Waals surface area contributed by atoms with Crippen LogP contribution in [0.1, 0.15) is 5.56 Å². The normalized spacial score (nSPS) is 17.8. The van der Waals surface area contributed by atoms with Crippen molar-refractivity contribution < 1.29 is 4.74 Å². The molecule has 0 radical (unpaired) electrons. The maximum Gasteiger partial charge on any atom is 0.123 e. The van der Waals surface area contributed by atoms with Gasteiger partial charge in [0, 0.05) is 18.7 Å². The summed E-state index contributed by atoms with van der Waals surface area (Å²) in [6.07, 6.45) is 0. The van der Waals surface area contributed by atoms with Crippen molar-refractivity contribution in [2.75, 3.05) is 13.2 Å². The first kappa shape index (κ1) is 7.58. The van der Waals surface area contributed by atoms with Crippen LogP contribution in [0.5, 0.6) is 5.75 Å². The van der Waals surface area contributed by atoms with Crippen LogP contribution < -0.4 is 10.6 Å². The number of nitrogens with two attached hydrogens (primary N) is 1. The van der Waals surface area contributed by atoms with Gasteiger partial charge in [-0.25, -0.2) is 5.01 Å². The Bertz CT molecular complexity index is 275. The summed E-state index contributed by atoms with van der Waals surface area (Å²) < 4.78 is 5.50. The highest BCUT2D eigenvalue weighted by atomic mass is 16.5. The van der Waals surface area contributed by atoms with Crippen LogP contribution in [0.4, 0.5) is 0 Å². The number of nitrogens with zero attached hydrogens (tertiary/aromatic N) is 1. The summed E-state index contributed by atoms with van der Waals surface area (Å²) >= 11 is 0. The molecule has 2 rings (SSSR count). The van der Waals surface area contributed by atoms with Gasteiger partial charge in [-0.15, -0.1) is 0 Å². The summed E-state index contributed by atoms with van der Waals surface area (Å²) in [4.78, 5) is 0. The van der Waals surface area contributed by atoms with Crippen LogP contribution in [-0.2, 0) is 6.54 Å². The molecular weight excluding hydrogens is 152 g/mol. The van der Waals surface area contributed by atoms with Gasteiger partial charge in [-0.05, 0) is 6.07 Å². The fraction of sp³-hybridized carbons (Fsp3) is 0.333. The molecule has 0 unspecified atom stereocenters. The molecule has 0 spiro atoms. The van der Waals surface area contributed by atoms with E-state index in [-0.39, 0.29) is 0 Å². The monoisotopic (exact) mass is 164 g/mol. The lowest BCUT2D eigenvalue weighted by atomic mass is 10.2. The Morgan fingerprint density at radius 2 is 2.17 bits per heavy atom. The summed E-state index contributed by atoms with van der Waals surface area (Å²) in [5, 5.41) is 1.77. The molecule has 0 amide bonds. The quantitative estimate of drug-likeness (QED) is 0.575. The van der Waals surface area contributed by atoms with Gasteiger partial charge in [0.15, 0.2) is 0 Å². The minimum Gasteiger partial charge on any atom is -0.492 e. The first-order chi connectivity index (χ1) is 5.86. The fourth-order valence-corrected chi connectivity index (χ4v) is 1.35. The molecule has 0 saturated heterocycles. The first-order valence-electron chi connectivity index (χ1n) is 4.06. The number of rotatable bonds is 0. The van der Waals surface area contributed by atoms with Crippen molar-refractivity contribution in [3.8, 4) is 5.75 Å². The van der Waals surface area contributed by atoms with Crippen molar-refractivity contribution in [2.45, 2.75) is 6.54 Å². The molecule has 0 aliphatic carbocycles. The number of benzene rings is 1. The molecule has 1 heterocycles. The number of para-hydroxylation sites is 1. The second-order valence-electron chi connectivity index (χ2n) is 2.93. The average molecular weight is 164 g/mol. The van der Waals surface area contributed by atoms with E-state index in [1.54, 1.807) is 5.01 Å². The molecule has 0 atom stereocenters. The standard InChI is InChI=1S/C9H12N2O/c10-11-5-6-12-9-4-2-1-3-8(9)7-11/h1-4H,5-7,10H2. The molecule has 0 saturated carbocycles. The third-order valence-electron chi connectivity index (χ3n) is 1.98. The van der Waals surface area contributed by atoms with Gasteiger partial charge in [-0.1, -0.05) is 18.2 Å². The molecule has 1 aromatic rings. The zero-order valence-electron chi connectivity index (χ0n) is 6.86. The van der Waals surface area contributed by atoms with E-state index < -0.39 is 0 Å². The zero-order chi connectivity index (χ0) is 8.39. The van der Waals surface area contributed by atoms with Crippen molar-refractivity contribution >= 4 is 0 Å². The van der Waals surface area contributed by atoms with Gasteiger partial charge in [0.05, 0.1) is 0 Å². The van der Waals surface area contributed by atoms with E-state index in [1.165, 1.54) is 0 Å². The summed E-state index contributed by atoms with van der Waals surface area (Å²) in [5.74, 6) is 6.67. The van der Waals surface area contributed by atoms with Gasteiger partial charge in [0.1, 0.15) is 12.4 Å². The van der Waals surface area contributed by atoms with Crippen molar-refractivity contribution in [1.82, 2.24) is 5.01 Å². The molecule has 3 nitrogen and oxygen atoms in total. The second-order valence-corrected chi connectivity index (χ2v) is 2.93. The topological polar surface area (TPSA) is 38.5 Å². The minimum atomic E-state index is 0.674. The molecule has 64 valence electrons. The van der Waals surface area contributed by atoms with Crippen LogP contribution >= 0.6 is 0 Å². The van der Waals surface area contributed by atoms with Crippen LogP contribution in [0.25, 0.3) is 0 Å². The molecule has 0 aromatic heterocycles. The predicted molar refractivity (Wildman–Crippen MR) is 46.5 cm³/mol. The average Bonchev–Trinajstić information content (AvgIpc) is 2.25. The Hall–Kier alpha value is -1.06. The third kappa shape index (κ3) is 1.42. The predicted octanol–water partition coefficient (Wildman–Crippen LogP) is 0.755. The molecule has 0 bridgehead atoms. The summed E-state index contributed by atoms with van der Waals surface area (Å²) in [5.41, 5.74) is 1.16. The van der Waals surface area contributed by atoms with Gasteiger partial charge in [0.25, 0.3) is 0 Å². The Morgan fingerprint density at radius 3 is 3.08 bits per heavy atom.